The number of nitrogens with zero attached hydrogens (tertiary/aromatic N) is 3. The molecule has 0 aromatic carbocycles. The highest BCUT2D eigenvalue weighted by Crippen LogP contribution is 2.40. The fraction of sp³-hybridized carbons (Fsp3) is 0.706. The molecular formula is C17H25N3O3. The second kappa shape index (κ2) is 5.98. The van der Waals surface area contributed by atoms with Crippen LogP contribution >= 0.6 is 0 Å². The summed E-state index contributed by atoms with van der Waals surface area (Å²) in [6.07, 6.45) is 2.91. The zero-order valence-corrected chi connectivity index (χ0v) is 14.2. The highest BCUT2D eigenvalue weighted by atomic mass is 16.5. The Bertz CT molecular complexity index is 610. The smallest absolute Gasteiger partial charge is 0.230 e. The van der Waals surface area contributed by atoms with Gasteiger partial charge in [0.1, 0.15) is 5.76 Å². The first-order valence-corrected chi connectivity index (χ1v) is 8.42. The lowest BCUT2D eigenvalue weighted by Gasteiger charge is -2.41. The van der Waals surface area contributed by atoms with Crippen molar-refractivity contribution in [3.05, 3.63) is 17.5 Å². The number of rotatable bonds is 3. The second-order valence-corrected chi connectivity index (χ2v) is 7.15. The quantitative estimate of drug-likeness (QED) is 0.851. The third-order valence-electron chi connectivity index (χ3n) is 5.10. The van der Waals surface area contributed by atoms with Gasteiger partial charge in [0.2, 0.25) is 11.8 Å². The van der Waals surface area contributed by atoms with Gasteiger partial charge in [0.15, 0.2) is 0 Å². The number of carbonyl (C=O) groups is 2. The molecule has 3 rings (SSSR count). The molecule has 6 nitrogen and oxygen atoms in total. The third-order valence-corrected chi connectivity index (χ3v) is 5.10. The van der Waals surface area contributed by atoms with Crippen LogP contribution in [0.4, 0.5) is 0 Å². The van der Waals surface area contributed by atoms with E-state index in [-0.39, 0.29) is 29.7 Å². The Morgan fingerprint density at radius 3 is 2.83 bits per heavy atom. The van der Waals surface area contributed by atoms with Crippen molar-refractivity contribution < 1.29 is 14.1 Å². The standard InChI is InChI=1S/C17H25N3O3/c1-12(2)20-7-4-5-17(16(20)22)6-8-19(11-17)15(21)10-14-9-13(3)18-23-14/h9,12H,4-8,10-11H2,1-3H3. The topological polar surface area (TPSA) is 66.7 Å². The highest BCUT2D eigenvalue weighted by molar-refractivity contribution is 5.86. The summed E-state index contributed by atoms with van der Waals surface area (Å²) in [6, 6.07) is 2.01. The summed E-state index contributed by atoms with van der Waals surface area (Å²) in [7, 11) is 0. The van der Waals surface area contributed by atoms with Gasteiger partial charge in [-0.25, -0.2) is 0 Å². The maximum atomic E-state index is 12.9. The maximum absolute atomic E-state index is 12.9. The van der Waals surface area contributed by atoms with Gasteiger partial charge >= 0.3 is 0 Å². The molecule has 2 fully saturated rings. The molecule has 3 heterocycles. The van der Waals surface area contributed by atoms with Crippen LogP contribution in [0.15, 0.2) is 10.6 Å². The van der Waals surface area contributed by atoms with Gasteiger partial charge in [0, 0.05) is 31.7 Å². The molecule has 1 aromatic rings. The van der Waals surface area contributed by atoms with E-state index in [1.807, 2.05) is 16.7 Å². The Labute approximate surface area is 136 Å². The van der Waals surface area contributed by atoms with E-state index in [0.717, 1.165) is 31.5 Å². The van der Waals surface area contributed by atoms with E-state index in [1.165, 1.54) is 0 Å². The fourth-order valence-electron chi connectivity index (χ4n) is 3.82. The molecule has 1 unspecified atom stereocenters. The predicted molar refractivity (Wildman–Crippen MR) is 84.7 cm³/mol. The SMILES string of the molecule is Cc1cc(CC(=O)N2CCC3(CCCN(C(C)C)C3=O)C2)on1. The van der Waals surface area contributed by atoms with Crippen molar-refractivity contribution in [3.63, 3.8) is 0 Å². The minimum absolute atomic E-state index is 0.0208. The first kappa shape index (κ1) is 16.0. The number of hydrogen-bond donors (Lipinski definition) is 0. The van der Waals surface area contributed by atoms with E-state index in [2.05, 4.69) is 19.0 Å². The molecule has 1 spiro atoms. The predicted octanol–water partition coefficient (Wildman–Crippen LogP) is 1.78. The van der Waals surface area contributed by atoms with Gasteiger partial charge in [-0.1, -0.05) is 5.16 Å². The molecule has 2 aliphatic rings. The molecule has 2 saturated heterocycles. The summed E-state index contributed by atoms with van der Waals surface area (Å²) in [5.74, 6) is 0.837. The van der Waals surface area contributed by atoms with Gasteiger partial charge in [-0.15, -0.1) is 0 Å². The molecule has 2 amide bonds. The lowest BCUT2D eigenvalue weighted by molar-refractivity contribution is -0.148. The van der Waals surface area contributed by atoms with Crippen molar-refractivity contribution >= 4 is 11.8 Å². The summed E-state index contributed by atoms with van der Waals surface area (Å²) in [5, 5.41) is 3.81. The number of carbonyl (C=O) groups excluding carboxylic acids is 2. The third kappa shape index (κ3) is 2.99. The van der Waals surface area contributed by atoms with Crippen LogP contribution in [0.1, 0.15) is 44.6 Å². The first-order valence-electron chi connectivity index (χ1n) is 8.42. The molecule has 0 aliphatic carbocycles. The molecule has 0 saturated carbocycles. The van der Waals surface area contributed by atoms with Crippen LogP contribution in [0.25, 0.3) is 0 Å². The normalized spacial score (nSPS) is 25.0. The van der Waals surface area contributed by atoms with Crippen molar-refractivity contribution in [3.8, 4) is 0 Å². The molecule has 0 N–H and O–H groups in total. The average Bonchev–Trinajstić information content (AvgIpc) is 3.09. The minimum Gasteiger partial charge on any atom is -0.361 e. The monoisotopic (exact) mass is 319 g/mol. The van der Waals surface area contributed by atoms with Gasteiger partial charge in [0.25, 0.3) is 0 Å². The number of aryl methyl sites for hydroxylation is 1. The van der Waals surface area contributed by atoms with Crippen molar-refractivity contribution in [1.29, 1.82) is 0 Å². The van der Waals surface area contributed by atoms with Crippen LogP contribution in [-0.4, -0.2) is 52.4 Å². The molecule has 0 radical (unpaired) electrons. The first-order chi connectivity index (χ1) is 10.9. The van der Waals surface area contributed by atoms with E-state index in [4.69, 9.17) is 4.52 Å². The Hall–Kier alpha value is -1.85. The van der Waals surface area contributed by atoms with Crippen LogP contribution in [-0.2, 0) is 16.0 Å². The lowest BCUT2D eigenvalue weighted by Crippen LogP contribution is -2.52. The van der Waals surface area contributed by atoms with Crippen LogP contribution in [0.3, 0.4) is 0 Å². The van der Waals surface area contributed by atoms with Crippen LogP contribution in [0.5, 0.6) is 0 Å². The molecule has 1 atom stereocenters. The Balaban J connectivity index is 1.67. The summed E-state index contributed by atoms with van der Waals surface area (Å²) < 4.78 is 5.13. The zero-order valence-electron chi connectivity index (χ0n) is 14.2. The van der Waals surface area contributed by atoms with Crippen LogP contribution < -0.4 is 0 Å². The highest BCUT2D eigenvalue weighted by Gasteiger charge is 2.49. The summed E-state index contributed by atoms with van der Waals surface area (Å²) >= 11 is 0. The van der Waals surface area contributed by atoms with Gasteiger partial charge in [0.05, 0.1) is 17.5 Å². The van der Waals surface area contributed by atoms with E-state index >= 15 is 0 Å². The van der Waals surface area contributed by atoms with Crippen LogP contribution in [0.2, 0.25) is 0 Å². The molecule has 23 heavy (non-hydrogen) atoms. The summed E-state index contributed by atoms with van der Waals surface area (Å²) in [6.45, 7) is 7.99. The van der Waals surface area contributed by atoms with E-state index in [1.54, 1.807) is 6.07 Å². The molecule has 2 aliphatic heterocycles. The van der Waals surface area contributed by atoms with Crippen molar-refractivity contribution in [2.24, 2.45) is 5.41 Å². The Morgan fingerprint density at radius 1 is 1.39 bits per heavy atom. The molecule has 1 aromatic heterocycles. The Morgan fingerprint density at radius 2 is 2.17 bits per heavy atom. The molecular weight excluding hydrogens is 294 g/mol. The molecule has 0 bridgehead atoms. The van der Waals surface area contributed by atoms with E-state index < -0.39 is 0 Å². The van der Waals surface area contributed by atoms with E-state index in [9.17, 15) is 9.59 Å². The number of aromatic nitrogens is 1. The molecule has 6 heteroatoms. The minimum atomic E-state index is -0.366. The fourth-order valence-corrected chi connectivity index (χ4v) is 3.82. The molecule has 126 valence electrons. The van der Waals surface area contributed by atoms with Crippen molar-refractivity contribution in [2.75, 3.05) is 19.6 Å². The summed E-state index contributed by atoms with van der Waals surface area (Å²) in [4.78, 5) is 29.2. The zero-order chi connectivity index (χ0) is 16.6. The second-order valence-electron chi connectivity index (χ2n) is 7.15. The van der Waals surface area contributed by atoms with Crippen LogP contribution in [0, 0.1) is 12.3 Å². The van der Waals surface area contributed by atoms with Gasteiger partial charge in [-0.3, -0.25) is 9.59 Å². The number of piperidine rings is 1. The largest absolute Gasteiger partial charge is 0.361 e. The van der Waals surface area contributed by atoms with Gasteiger partial charge < -0.3 is 14.3 Å². The van der Waals surface area contributed by atoms with Crippen molar-refractivity contribution in [1.82, 2.24) is 15.0 Å². The maximum Gasteiger partial charge on any atom is 0.230 e. The number of likely N-dealkylation sites (tertiary alicyclic amines) is 2. The lowest BCUT2D eigenvalue weighted by atomic mass is 9.78. The Kier molecular flexibility index (Phi) is 4.17. The number of amides is 2. The summed E-state index contributed by atoms with van der Waals surface area (Å²) in [5.41, 5.74) is 0.413. The van der Waals surface area contributed by atoms with Gasteiger partial charge in [-0.05, 0) is 40.0 Å². The number of hydrogen-bond acceptors (Lipinski definition) is 4. The van der Waals surface area contributed by atoms with Crippen molar-refractivity contribution in [2.45, 2.75) is 52.5 Å². The average molecular weight is 319 g/mol. The van der Waals surface area contributed by atoms with Gasteiger partial charge in [-0.2, -0.15) is 0 Å². The van der Waals surface area contributed by atoms with E-state index in [0.29, 0.717) is 18.8 Å².